The fraction of sp³-hybridized carbons (Fsp3) is 0.161. The quantitative estimate of drug-likeness (QED) is 0.199. The third kappa shape index (κ3) is 7.52. The van der Waals surface area contributed by atoms with Crippen molar-refractivity contribution in [2.75, 3.05) is 20.3 Å². The summed E-state index contributed by atoms with van der Waals surface area (Å²) >= 11 is 6.13. The smallest absolute Gasteiger partial charge is 0.343 e. The van der Waals surface area contributed by atoms with Crippen LogP contribution in [-0.4, -0.2) is 36.1 Å². The molecule has 0 bridgehead atoms. The molecule has 0 spiro atoms. The Morgan fingerprint density at radius 2 is 1.76 bits per heavy atom. The molecule has 7 heteroatoms. The molecule has 6 nitrogen and oxygen atoms in total. The van der Waals surface area contributed by atoms with Crippen LogP contribution in [0.5, 0.6) is 11.5 Å². The van der Waals surface area contributed by atoms with E-state index in [0.717, 1.165) is 27.8 Å². The molecule has 0 atom stereocenters. The van der Waals surface area contributed by atoms with Gasteiger partial charge in [0, 0.05) is 23.0 Å². The van der Waals surface area contributed by atoms with Gasteiger partial charge < -0.3 is 14.2 Å². The molecule has 0 fully saturated rings. The van der Waals surface area contributed by atoms with Crippen molar-refractivity contribution < 1.29 is 19.0 Å². The zero-order valence-corrected chi connectivity index (χ0v) is 21.9. The van der Waals surface area contributed by atoms with Gasteiger partial charge in [0.2, 0.25) is 0 Å². The average Bonchev–Trinajstić information content (AvgIpc) is 3.45. The molecular formula is C31H27ClN2O4. The zero-order valence-electron chi connectivity index (χ0n) is 21.2. The monoisotopic (exact) mass is 526 g/mol. The summed E-state index contributed by atoms with van der Waals surface area (Å²) in [6, 6.07) is 23.2. The summed E-state index contributed by atoms with van der Waals surface area (Å²) in [5.41, 5.74) is 4.87. The van der Waals surface area contributed by atoms with E-state index in [4.69, 9.17) is 21.1 Å². The SMILES string of the molecule is COC(=O)COc1ccc(OCC=C(c2ccc(Cl)cc2)c2ccc(C#CCn3cccn3)cc2)cc1C. The lowest BCUT2D eigenvalue weighted by Gasteiger charge is -2.12. The Hall–Kier alpha value is -4.47. The van der Waals surface area contributed by atoms with E-state index in [9.17, 15) is 4.79 Å². The molecule has 3 aromatic carbocycles. The first-order chi connectivity index (χ1) is 18.5. The van der Waals surface area contributed by atoms with Gasteiger partial charge in [0.05, 0.1) is 7.11 Å². The third-order valence-electron chi connectivity index (χ3n) is 5.64. The number of hydrogen-bond acceptors (Lipinski definition) is 5. The number of esters is 1. The minimum atomic E-state index is -0.432. The van der Waals surface area contributed by atoms with Crippen molar-refractivity contribution >= 4 is 23.1 Å². The van der Waals surface area contributed by atoms with Crippen molar-refractivity contribution in [3.8, 4) is 23.3 Å². The first-order valence-electron chi connectivity index (χ1n) is 12.0. The Morgan fingerprint density at radius 3 is 2.42 bits per heavy atom. The topological polar surface area (TPSA) is 62.6 Å². The zero-order chi connectivity index (χ0) is 26.7. The van der Waals surface area contributed by atoms with Gasteiger partial charge in [0.15, 0.2) is 6.61 Å². The molecule has 0 unspecified atom stereocenters. The first kappa shape index (κ1) is 26.6. The van der Waals surface area contributed by atoms with Gasteiger partial charge >= 0.3 is 5.97 Å². The number of carbonyl (C=O) groups is 1. The molecule has 1 heterocycles. The summed E-state index contributed by atoms with van der Waals surface area (Å²) in [5.74, 6) is 7.19. The lowest BCUT2D eigenvalue weighted by Crippen LogP contribution is -2.13. The van der Waals surface area contributed by atoms with E-state index in [1.807, 2.05) is 73.8 Å². The Kier molecular flexibility index (Phi) is 9.22. The summed E-state index contributed by atoms with van der Waals surface area (Å²) in [7, 11) is 1.33. The molecular weight excluding hydrogens is 500 g/mol. The molecule has 0 saturated heterocycles. The number of hydrogen-bond donors (Lipinski definition) is 0. The number of nitrogens with zero attached hydrogens (tertiary/aromatic N) is 2. The van der Waals surface area contributed by atoms with Gasteiger partial charge in [-0.1, -0.05) is 47.7 Å². The third-order valence-corrected chi connectivity index (χ3v) is 5.89. The number of methoxy groups -OCH3 is 1. The predicted octanol–water partition coefficient (Wildman–Crippen LogP) is 5.96. The number of aromatic nitrogens is 2. The van der Waals surface area contributed by atoms with Crippen molar-refractivity contribution in [1.82, 2.24) is 9.78 Å². The summed E-state index contributed by atoms with van der Waals surface area (Å²) < 4.78 is 17.9. The van der Waals surface area contributed by atoms with Gasteiger partial charge in [-0.3, -0.25) is 4.68 Å². The summed E-state index contributed by atoms with van der Waals surface area (Å²) in [5, 5.41) is 4.84. The maximum absolute atomic E-state index is 11.3. The standard InChI is InChI=1S/C31H27ClN2O4/c1-23-21-28(14-15-30(23)38-22-31(35)36-2)37-20-16-29(26-10-12-27(32)13-11-26)25-8-6-24(7-9-25)5-3-18-34-19-4-17-33-34/h4,6-17,19,21H,18,20,22H2,1-2H3. The average molecular weight is 527 g/mol. The highest BCUT2D eigenvalue weighted by Crippen LogP contribution is 2.27. The van der Waals surface area contributed by atoms with Crippen LogP contribution >= 0.6 is 11.6 Å². The van der Waals surface area contributed by atoms with E-state index >= 15 is 0 Å². The second kappa shape index (κ2) is 13.2. The van der Waals surface area contributed by atoms with E-state index in [2.05, 4.69) is 33.8 Å². The van der Waals surface area contributed by atoms with Crippen LogP contribution in [0.2, 0.25) is 5.02 Å². The summed E-state index contributed by atoms with van der Waals surface area (Å²) in [6.45, 7) is 2.65. The highest BCUT2D eigenvalue weighted by atomic mass is 35.5. The van der Waals surface area contributed by atoms with Gasteiger partial charge in [-0.25, -0.2) is 4.79 Å². The predicted molar refractivity (Wildman–Crippen MR) is 148 cm³/mol. The van der Waals surface area contributed by atoms with Crippen LogP contribution in [0.1, 0.15) is 22.3 Å². The normalized spacial score (nSPS) is 10.9. The van der Waals surface area contributed by atoms with Crippen molar-refractivity contribution in [3.63, 3.8) is 0 Å². The first-order valence-corrected chi connectivity index (χ1v) is 12.4. The molecule has 0 aliphatic rings. The Morgan fingerprint density at radius 1 is 1.03 bits per heavy atom. The molecule has 0 aliphatic carbocycles. The highest BCUT2D eigenvalue weighted by molar-refractivity contribution is 6.30. The van der Waals surface area contributed by atoms with Crippen LogP contribution in [0.15, 0.2) is 91.3 Å². The summed E-state index contributed by atoms with van der Waals surface area (Å²) in [4.78, 5) is 11.3. The largest absolute Gasteiger partial charge is 0.489 e. The maximum atomic E-state index is 11.3. The number of halogens is 1. The van der Waals surface area contributed by atoms with Crippen LogP contribution in [0, 0.1) is 18.8 Å². The molecule has 38 heavy (non-hydrogen) atoms. The number of benzene rings is 3. The van der Waals surface area contributed by atoms with E-state index in [-0.39, 0.29) is 6.61 Å². The molecule has 0 amide bonds. The second-order valence-corrected chi connectivity index (χ2v) is 8.75. The van der Waals surface area contributed by atoms with Gasteiger partial charge in [-0.15, -0.1) is 0 Å². The lowest BCUT2D eigenvalue weighted by atomic mass is 9.97. The molecule has 0 aliphatic heterocycles. The second-order valence-electron chi connectivity index (χ2n) is 8.31. The van der Waals surface area contributed by atoms with E-state index in [0.29, 0.717) is 29.7 Å². The van der Waals surface area contributed by atoms with Gasteiger partial charge in [-0.2, -0.15) is 5.10 Å². The van der Waals surface area contributed by atoms with Crippen LogP contribution in [-0.2, 0) is 16.1 Å². The molecule has 192 valence electrons. The van der Waals surface area contributed by atoms with Crippen molar-refractivity contribution in [3.05, 3.63) is 119 Å². The molecule has 4 aromatic rings. The fourth-order valence-corrected chi connectivity index (χ4v) is 3.80. The minimum absolute atomic E-state index is 0.139. The molecule has 0 N–H and O–H groups in total. The van der Waals surface area contributed by atoms with E-state index in [1.165, 1.54) is 7.11 Å². The van der Waals surface area contributed by atoms with Gasteiger partial charge in [0.25, 0.3) is 0 Å². The fourth-order valence-electron chi connectivity index (χ4n) is 3.67. The molecule has 0 radical (unpaired) electrons. The van der Waals surface area contributed by atoms with Crippen LogP contribution in [0.25, 0.3) is 5.57 Å². The van der Waals surface area contributed by atoms with Crippen LogP contribution in [0.3, 0.4) is 0 Å². The highest BCUT2D eigenvalue weighted by Gasteiger charge is 2.08. The lowest BCUT2D eigenvalue weighted by molar-refractivity contribution is -0.142. The number of ether oxygens (including phenoxy) is 3. The van der Waals surface area contributed by atoms with Crippen LogP contribution < -0.4 is 9.47 Å². The Bertz CT molecular complexity index is 1450. The number of carbonyl (C=O) groups excluding carboxylic acids is 1. The number of rotatable bonds is 9. The number of aryl methyl sites for hydroxylation is 1. The van der Waals surface area contributed by atoms with Crippen molar-refractivity contribution in [1.29, 1.82) is 0 Å². The molecule has 0 saturated carbocycles. The Labute approximate surface area is 227 Å². The van der Waals surface area contributed by atoms with Gasteiger partial charge in [-0.05, 0) is 83.8 Å². The maximum Gasteiger partial charge on any atom is 0.343 e. The van der Waals surface area contributed by atoms with E-state index in [1.54, 1.807) is 16.9 Å². The Balaban J connectivity index is 1.48. The minimum Gasteiger partial charge on any atom is -0.489 e. The van der Waals surface area contributed by atoms with Crippen molar-refractivity contribution in [2.24, 2.45) is 0 Å². The van der Waals surface area contributed by atoms with Crippen LogP contribution in [0.4, 0.5) is 0 Å². The van der Waals surface area contributed by atoms with Crippen molar-refractivity contribution in [2.45, 2.75) is 13.5 Å². The molecule has 4 rings (SSSR count). The summed E-state index contributed by atoms with van der Waals surface area (Å²) in [6.07, 6.45) is 5.67. The molecule has 1 aromatic heterocycles. The van der Waals surface area contributed by atoms with E-state index < -0.39 is 5.97 Å². The van der Waals surface area contributed by atoms with Gasteiger partial charge in [0.1, 0.15) is 24.7 Å².